The molecule has 0 saturated carbocycles. The van der Waals surface area contributed by atoms with Crippen LogP contribution in [-0.4, -0.2) is 16.8 Å². The van der Waals surface area contributed by atoms with Gasteiger partial charge in [-0.3, -0.25) is 5.10 Å². The molecule has 2 heterocycles. The van der Waals surface area contributed by atoms with Gasteiger partial charge in [0.15, 0.2) is 0 Å². The summed E-state index contributed by atoms with van der Waals surface area (Å²) in [6.45, 7) is 0.819. The van der Waals surface area contributed by atoms with Crippen molar-refractivity contribution in [3.63, 3.8) is 0 Å². The summed E-state index contributed by atoms with van der Waals surface area (Å²) in [7, 11) is 0. The van der Waals surface area contributed by atoms with Gasteiger partial charge in [0.25, 0.3) is 0 Å². The number of hydrogen-bond donors (Lipinski definition) is 1. The Balaban J connectivity index is 2.07. The Hall–Kier alpha value is -1.61. The van der Waals surface area contributed by atoms with Crippen molar-refractivity contribution in [1.82, 2.24) is 10.2 Å². The summed E-state index contributed by atoms with van der Waals surface area (Å²) in [6, 6.07) is 10.2. The van der Waals surface area contributed by atoms with Crippen molar-refractivity contribution < 1.29 is 4.74 Å². The molecular formula is C11H10N2O. The van der Waals surface area contributed by atoms with Gasteiger partial charge in [-0.2, -0.15) is 5.10 Å². The predicted molar refractivity (Wildman–Crippen MR) is 52.7 cm³/mol. The van der Waals surface area contributed by atoms with Gasteiger partial charge in [-0.25, -0.2) is 0 Å². The zero-order valence-corrected chi connectivity index (χ0v) is 7.60. The molecule has 14 heavy (non-hydrogen) atoms. The molecule has 1 aliphatic heterocycles. The SMILES string of the molecule is c1ccc(-c2[nH]ncc2[C@@H]2CO2)cc1. The zero-order valence-electron chi connectivity index (χ0n) is 7.60. The molecule has 0 radical (unpaired) electrons. The minimum atomic E-state index is 0.254. The van der Waals surface area contributed by atoms with Gasteiger partial charge < -0.3 is 4.74 Å². The van der Waals surface area contributed by atoms with Gasteiger partial charge in [0.2, 0.25) is 0 Å². The molecule has 1 aliphatic rings. The normalized spacial score (nSPS) is 19.6. The monoisotopic (exact) mass is 186 g/mol. The van der Waals surface area contributed by atoms with E-state index in [9.17, 15) is 0 Å². The Bertz CT molecular complexity index is 432. The fourth-order valence-corrected chi connectivity index (χ4v) is 1.60. The molecule has 70 valence electrons. The smallest absolute Gasteiger partial charge is 0.110 e. The first-order valence-electron chi connectivity index (χ1n) is 4.65. The van der Waals surface area contributed by atoms with E-state index in [2.05, 4.69) is 22.3 Å². The topological polar surface area (TPSA) is 41.2 Å². The van der Waals surface area contributed by atoms with E-state index in [1.807, 2.05) is 24.4 Å². The van der Waals surface area contributed by atoms with E-state index in [1.165, 1.54) is 0 Å². The quantitative estimate of drug-likeness (QED) is 0.730. The van der Waals surface area contributed by atoms with E-state index in [4.69, 9.17) is 4.74 Å². The lowest BCUT2D eigenvalue weighted by atomic mass is 10.1. The molecule has 1 fully saturated rings. The Morgan fingerprint density at radius 2 is 2.07 bits per heavy atom. The molecule has 1 aromatic carbocycles. The number of aromatic nitrogens is 2. The summed E-state index contributed by atoms with van der Waals surface area (Å²) < 4.78 is 5.26. The van der Waals surface area contributed by atoms with E-state index >= 15 is 0 Å². The van der Waals surface area contributed by atoms with E-state index in [0.29, 0.717) is 0 Å². The Kier molecular flexibility index (Phi) is 1.64. The fraction of sp³-hybridized carbons (Fsp3) is 0.182. The van der Waals surface area contributed by atoms with Gasteiger partial charge in [0, 0.05) is 5.56 Å². The molecule has 1 saturated heterocycles. The number of hydrogen-bond acceptors (Lipinski definition) is 2. The molecule has 1 N–H and O–H groups in total. The zero-order chi connectivity index (χ0) is 9.38. The van der Waals surface area contributed by atoms with Crippen molar-refractivity contribution in [3.05, 3.63) is 42.1 Å². The van der Waals surface area contributed by atoms with Crippen molar-refractivity contribution in [2.24, 2.45) is 0 Å². The minimum absolute atomic E-state index is 0.254. The second kappa shape index (κ2) is 2.96. The standard InChI is InChI=1S/C11H10N2O/c1-2-4-8(5-3-1)11-9(6-12-13-11)10-7-14-10/h1-6,10H,7H2,(H,12,13)/t10-/m0/s1. The molecule has 3 rings (SSSR count). The van der Waals surface area contributed by atoms with Gasteiger partial charge >= 0.3 is 0 Å². The van der Waals surface area contributed by atoms with Crippen LogP contribution in [0.4, 0.5) is 0 Å². The third-order valence-electron chi connectivity index (χ3n) is 2.41. The van der Waals surface area contributed by atoms with Crippen LogP contribution >= 0.6 is 0 Å². The van der Waals surface area contributed by atoms with Gasteiger partial charge in [-0.1, -0.05) is 30.3 Å². The largest absolute Gasteiger partial charge is 0.368 e. The van der Waals surface area contributed by atoms with E-state index in [1.54, 1.807) is 0 Å². The molecule has 0 bridgehead atoms. The molecule has 0 unspecified atom stereocenters. The highest BCUT2D eigenvalue weighted by Crippen LogP contribution is 2.35. The van der Waals surface area contributed by atoms with E-state index in [-0.39, 0.29) is 6.10 Å². The minimum Gasteiger partial charge on any atom is -0.368 e. The molecular weight excluding hydrogens is 176 g/mol. The first kappa shape index (κ1) is 7.76. The third-order valence-corrected chi connectivity index (χ3v) is 2.41. The predicted octanol–water partition coefficient (Wildman–Crippen LogP) is 2.15. The molecule has 2 aromatic rings. The maximum atomic E-state index is 5.26. The highest BCUT2D eigenvalue weighted by atomic mass is 16.6. The Labute approximate surface area is 81.7 Å². The summed E-state index contributed by atoms with van der Waals surface area (Å²) in [5, 5.41) is 7.07. The summed E-state index contributed by atoms with van der Waals surface area (Å²) in [5.74, 6) is 0. The summed E-state index contributed by atoms with van der Waals surface area (Å²) in [5.41, 5.74) is 3.40. The van der Waals surface area contributed by atoms with Gasteiger partial charge in [0.1, 0.15) is 6.10 Å². The van der Waals surface area contributed by atoms with Crippen LogP contribution in [0.25, 0.3) is 11.3 Å². The van der Waals surface area contributed by atoms with E-state index < -0.39 is 0 Å². The number of H-pyrrole nitrogens is 1. The summed E-state index contributed by atoms with van der Waals surface area (Å²) >= 11 is 0. The fourth-order valence-electron chi connectivity index (χ4n) is 1.60. The van der Waals surface area contributed by atoms with Crippen LogP contribution in [0, 0.1) is 0 Å². The van der Waals surface area contributed by atoms with Crippen molar-refractivity contribution in [2.75, 3.05) is 6.61 Å². The average Bonchev–Trinajstić information content (AvgIpc) is 2.98. The number of nitrogens with zero attached hydrogens (tertiary/aromatic N) is 1. The lowest BCUT2D eigenvalue weighted by Gasteiger charge is -1.99. The van der Waals surface area contributed by atoms with Crippen molar-refractivity contribution in [3.8, 4) is 11.3 Å². The first-order chi connectivity index (χ1) is 6.95. The van der Waals surface area contributed by atoms with Crippen LogP contribution in [-0.2, 0) is 4.74 Å². The van der Waals surface area contributed by atoms with Crippen LogP contribution in [0.15, 0.2) is 36.5 Å². The van der Waals surface area contributed by atoms with Crippen LogP contribution in [0.2, 0.25) is 0 Å². The number of aromatic amines is 1. The molecule has 3 heteroatoms. The molecule has 1 atom stereocenters. The summed E-state index contributed by atoms with van der Waals surface area (Å²) in [6.07, 6.45) is 2.10. The number of rotatable bonds is 2. The van der Waals surface area contributed by atoms with E-state index in [0.717, 1.165) is 23.4 Å². The molecule has 0 amide bonds. The second-order valence-electron chi connectivity index (χ2n) is 3.39. The number of benzene rings is 1. The highest BCUT2D eigenvalue weighted by molar-refractivity contribution is 5.63. The lowest BCUT2D eigenvalue weighted by Crippen LogP contribution is -1.83. The Morgan fingerprint density at radius 3 is 2.79 bits per heavy atom. The second-order valence-corrected chi connectivity index (χ2v) is 3.39. The number of nitrogens with one attached hydrogen (secondary N) is 1. The third kappa shape index (κ3) is 1.22. The average molecular weight is 186 g/mol. The molecule has 0 spiro atoms. The summed E-state index contributed by atoms with van der Waals surface area (Å²) in [4.78, 5) is 0. The van der Waals surface area contributed by atoms with Gasteiger partial charge in [-0.05, 0) is 5.56 Å². The maximum Gasteiger partial charge on any atom is 0.110 e. The van der Waals surface area contributed by atoms with Crippen LogP contribution in [0.1, 0.15) is 11.7 Å². The maximum absolute atomic E-state index is 5.26. The van der Waals surface area contributed by atoms with Gasteiger partial charge in [0.05, 0.1) is 18.5 Å². The van der Waals surface area contributed by atoms with Crippen molar-refractivity contribution in [2.45, 2.75) is 6.10 Å². The molecule has 3 nitrogen and oxygen atoms in total. The Morgan fingerprint density at radius 1 is 1.29 bits per heavy atom. The number of ether oxygens (including phenoxy) is 1. The first-order valence-corrected chi connectivity index (χ1v) is 4.65. The van der Waals surface area contributed by atoms with Gasteiger partial charge in [-0.15, -0.1) is 0 Å². The van der Waals surface area contributed by atoms with Crippen LogP contribution in [0.5, 0.6) is 0 Å². The lowest BCUT2D eigenvalue weighted by molar-refractivity contribution is 0.416. The number of epoxide rings is 1. The highest BCUT2D eigenvalue weighted by Gasteiger charge is 2.28. The van der Waals surface area contributed by atoms with Crippen molar-refractivity contribution >= 4 is 0 Å². The van der Waals surface area contributed by atoms with Crippen LogP contribution in [0.3, 0.4) is 0 Å². The molecule has 1 aromatic heterocycles. The molecule has 0 aliphatic carbocycles. The van der Waals surface area contributed by atoms with Crippen LogP contribution < -0.4 is 0 Å². The van der Waals surface area contributed by atoms with Crippen molar-refractivity contribution in [1.29, 1.82) is 0 Å².